The Bertz CT molecular complexity index is 218. The number of hydrogen-bond acceptors (Lipinski definition) is 3. The van der Waals surface area contributed by atoms with E-state index in [0.29, 0.717) is 6.04 Å². The van der Waals surface area contributed by atoms with E-state index in [1.165, 1.54) is 32.2 Å². The Labute approximate surface area is 93.0 Å². The number of nitrogens with two attached hydrogens (primary N) is 1. The molecule has 0 aromatic carbocycles. The molecule has 1 aliphatic heterocycles. The van der Waals surface area contributed by atoms with Crippen molar-refractivity contribution in [2.24, 2.45) is 11.7 Å². The standard InChI is InChI=1S/C12H24N2O/c1-12(15-2)6-3-7-14(9-12)11(8-13)10-4-5-10/h10-11H,3-9,13H2,1-2H3. The second-order valence-corrected chi connectivity index (χ2v) is 5.37. The third kappa shape index (κ3) is 2.52. The van der Waals surface area contributed by atoms with Crippen LogP contribution in [-0.4, -0.2) is 43.3 Å². The predicted molar refractivity (Wildman–Crippen MR) is 61.8 cm³/mol. The lowest BCUT2D eigenvalue weighted by Gasteiger charge is -2.43. The van der Waals surface area contributed by atoms with E-state index in [1.807, 2.05) is 7.11 Å². The molecule has 2 aliphatic rings. The van der Waals surface area contributed by atoms with Gasteiger partial charge in [0.2, 0.25) is 0 Å². The topological polar surface area (TPSA) is 38.5 Å². The average Bonchev–Trinajstić information content (AvgIpc) is 3.04. The van der Waals surface area contributed by atoms with Crippen LogP contribution in [0.1, 0.15) is 32.6 Å². The first-order valence-corrected chi connectivity index (χ1v) is 6.18. The Kier molecular flexibility index (Phi) is 3.33. The zero-order valence-corrected chi connectivity index (χ0v) is 10.0. The molecule has 3 heteroatoms. The molecule has 0 bridgehead atoms. The molecule has 1 aliphatic carbocycles. The Morgan fingerprint density at radius 3 is 2.80 bits per heavy atom. The molecule has 1 heterocycles. The molecule has 2 fully saturated rings. The summed E-state index contributed by atoms with van der Waals surface area (Å²) in [5, 5.41) is 0. The van der Waals surface area contributed by atoms with Crippen LogP contribution in [0.3, 0.4) is 0 Å². The van der Waals surface area contributed by atoms with Gasteiger partial charge in [-0.2, -0.15) is 0 Å². The Hall–Kier alpha value is -0.120. The van der Waals surface area contributed by atoms with Crippen molar-refractivity contribution in [2.45, 2.75) is 44.2 Å². The van der Waals surface area contributed by atoms with Gasteiger partial charge in [0.05, 0.1) is 5.60 Å². The van der Waals surface area contributed by atoms with Gasteiger partial charge in [0.15, 0.2) is 0 Å². The zero-order chi connectivity index (χ0) is 10.9. The summed E-state index contributed by atoms with van der Waals surface area (Å²) in [6.45, 7) is 5.29. The predicted octanol–water partition coefficient (Wildman–Crippen LogP) is 1.22. The minimum absolute atomic E-state index is 0.0561. The molecular formula is C12H24N2O. The van der Waals surface area contributed by atoms with Crippen molar-refractivity contribution in [2.75, 3.05) is 26.7 Å². The SMILES string of the molecule is COC1(C)CCCN(C(CN)C2CC2)C1. The zero-order valence-electron chi connectivity index (χ0n) is 10.0. The van der Waals surface area contributed by atoms with Crippen LogP contribution >= 0.6 is 0 Å². The van der Waals surface area contributed by atoms with Crippen molar-refractivity contribution in [3.8, 4) is 0 Å². The maximum absolute atomic E-state index is 5.89. The summed E-state index contributed by atoms with van der Waals surface area (Å²) in [6, 6.07) is 0.611. The number of likely N-dealkylation sites (tertiary alicyclic amines) is 1. The average molecular weight is 212 g/mol. The van der Waals surface area contributed by atoms with Crippen molar-refractivity contribution in [1.29, 1.82) is 0 Å². The first kappa shape index (κ1) is 11.4. The second kappa shape index (κ2) is 4.40. The Morgan fingerprint density at radius 2 is 2.27 bits per heavy atom. The summed E-state index contributed by atoms with van der Waals surface area (Å²) in [5.74, 6) is 0.870. The van der Waals surface area contributed by atoms with Gasteiger partial charge in [-0.25, -0.2) is 0 Å². The molecule has 88 valence electrons. The van der Waals surface area contributed by atoms with Crippen LogP contribution < -0.4 is 5.73 Å². The van der Waals surface area contributed by atoms with E-state index < -0.39 is 0 Å². The minimum Gasteiger partial charge on any atom is -0.377 e. The highest BCUT2D eigenvalue weighted by molar-refractivity contribution is 4.94. The van der Waals surface area contributed by atoms with Crippen molar-refractivity contribution in [1.82, 2.24) is 4.90 Å². The summed E-state index contributed by atoms with van der Waals surface area (Å²) in [4.78, 5) is 2.56. The molecule has 0 aromatic heterocycles. The molecule has 15 heavy (non-hydrogen) atoms. The van der Waals surface area contributed by atoms with Gasteiger partial charge >= 0.3 is 0 Å². The molecule has 2 atom stereocenters. The van der Waals surface area contributed by atoms with Crippen LogP contribution in [0.5, 0.6) is 0 Å². The van der Waals surface area contributed by atoms with E-state index in [2.05, 4.69) is 11.8 Å². The van der Waals surface area contributed by atoms with Gasteiger partial charge in [0.1, 0.15) is 0 Å². The molecule has 2 N–H and O–H groups in total. The van der Waals surface area contributed by atoms with E-state index in [4.69, 9.17) is 10.5 Å². The van der Waals surface area contributed by atoms with E-state index in [0.717, 1.165) is 19.0 Å². The van der Waals surface area contributed by atoms with Gasteiger partial charge in [-0.15, -0.1) is 0 Å². The van der Waals surface area contributed by atoms with Crippen LogP contribution in [0.15, 0.2) is 0 Å². The lowest BCUT2D eigenvalue weighted by atomic mass is 9.93. The maximum Gasteiger partial charge on any atom is 0.0777 e. The van der Waals surface area contributed by atoms with Gasteiger partial charge in [-0.1, -0.05) is 0 Å². The molecule has 1 saturated heterocycles. The lowest BCUT2D eigenvalue weighted by molar-refractivity contribution is -0.0624. The number of piperidine rings is 1. The summed E-state index contributed by atoms with van der Waals surface area (Å²) in [6.07, 6.45) is 5.18. The number of nitrogens with zero attached hydrogens (tertiary/aromatic N) is 1. The van der Waals surface area contributed by atoms with Crippen molar-refractivity contribution in [3.63, 3.8) is 0 Å². The fourth-order valence-corrected chi connectivity index (χ4v) is 2.81. The van der Waals surface area contributed by atoms with Crippen LogP contribution in [0.2, 0.25) is 0 Å². The van der Waals surface area contributed by atoms with Crippen LogP contribution in [-0.2, 0) is 4.74 Å². The third-order valence-corrected chi connectivity index (χ3v) is 4.06. The number of rotatable bonds is 4. The number of hydrogen-bond donors (Lipinski definition) is 1. The van der Waals surface area contributed by atoms with Gasteiger partial charge in [0, 0.05) is 26.2 Å². The molecule has 0 amide bonds. The van der Waals surface area contributed by atoms with Gasteiger partial charge in [-0.3, -0.25) is 4.90 Å². The van der Waals surface area contributed by atoms with Crippen molar-refractivity contribution < 1.29 is 4.74 Å². The molecule has 0 radical (unpaired) electrons. The molecule has 3 nitrogen and oxygen atoms in total. The highest BCUT2D eigenvalue weighted by atomic mass is 16.5. The van der Waals surface area contributed by atoms with Gasteiger partial charge in [-0.05, 0) is 45.1 Å². The molecule has 0 spiro atoms. The van der Waals surface area contributed by atoms with Crippen LogP contribution in [0.25, 0.3) is 0 Å². The maximum atomic E-state index is 5.89. The largest absolute Gasteiger partial charge is 0.377 e. The molecular weight excluding hydrogens is 188 g/mol. The molecule has 1 saturated carbocycles. The summed E-state index contributed by atoms with van der Waals surface area (Å²) in [7, 11) is 1.83. The molecule has 0 aromatic rings. The Balaban J connectivity index is 1.96. The second-order valence-electron chi connectivity index (χ2n) is 5.37. The van der Waals surface area contributed by atoms with Gasteiger partial charge in [0.25, 0.3) is 0 Å². The number of methoxy groups -OCH3 is 1. The normalized spacial score (nSPS) is 35.4. The lowest BCUT2D eigenvalue weighted by Crippen LogP contribution is -2.53. The summed E-state index contributed by atoms with van der Waals surface area (Å²) < 4.78 is 5.62. The van der Waals surface area contributed by atoms with E-state index in [9.17, 15) is 0 Å². The highest BCUT2D eigenvalue weighted by Crippen LogP contribution is 2.37. The van der Waals surface area contributed by atoms with Crippen molar-refractivity contribution in [3.05, 3.63) is 0 Å². The van der Waals surface area contributed by atoms with E-state index >= 15 is 0 Å². The van der Waals surface area contributed by atoms with Crippen molar-refractivity contribution >= 4 is 0 Å². The summed E-state index contributed by atoms with van der Waals surface area (Å²) >= 11 is 0. The highest BCUT2D eigenvalue weighted by Gasteiger charge is 2.39. The molecule has 2 rings (SSSR count). The van der Waals surface area contributed by atoms with Gasteiger partial charge < -0.3 is 10.5 Å². The first-order chi connectivity index (χ1) is 7.18. The van der Waals surface area contributed by atoms with Crippen LogP contribution in [0.4, 0.5) is 0 Å². The van der Waals surface area contributed by atoms with E-state index in [-0.39, 0.29) is 5.60 Å². The smallest absolute Gasteiger partial charge is 0.0777 e. The third-order valence-electron chi connectivity index (χ3n) is 4.06. The molecule has 2 unspecified atom stereocenters. The fraction of sp³-hybridized carbons (Fsp3) is 1.00. The Morgan fingerprint density at radius 1 is 1.53 bits per heavy atom. The minimum atomic E-state index is 0.0561. The van der Waals surface area contributed by atoms with Crippen LogP contribution in [0, 0.1) is 5.92 Å². The summed E-state index contributed by atoms with van der Waals surface area (Å²) in [5.41, 5.74) is 5.95. The number of ether oxygens (including phenoxy) is 1. The fourth-order valence-electron chi connectivity index (χ4n) is 2.81. The quantitative estimate of drug-likeness (QED) is 0.761. The van der Waals surface area contributed by atoms with E-state index in [1.54, 1.807) is 0 Å². The first-order valence-electron chi connectivity index (χ1n) is 6.18. The monoisotopic (exact) mass is 212 g/mol.